The van der Waals surface area contributed by atoms with Crippen molar-refractivity contribution in [2.24, 2.45) is 0 Å². The smallest absolute Gasteiger partial charge is 0.251 e. The molecule has 1 unspecified atom stereocenters. The van der Waals surface area contributed by atoms with E-state index < -0.39 is 0 Å². The number of amides is 2. The van der Waals surface area contributed by atoms with Crippen molar-refractivity contribution in [2.75, 3.05) is 30.3 Å². The Bertz CT molecular complexity index is 544. The van der Waals surface area contributed by atoms with Gasteiger partial charge in [-0.05, 0) is 24.6 Å². The lowest BCUT2D eigenvalue weighted by atomic mass is 10.1. The van der Waals surface area contributed by atoms with Crippen LogP contribution in [-0.4, -0.2) is 37.5 Å². The third-order valence-corrected chi connectivity index (χ3v) is 3.63. The summed E-state index contributed by atoms with van der Waals surface area (Å²) >= 11 is 0. The zero-order chi connectivity index (χ0) is 13.9. The van der Waals surface area contributed by atoms with E-state index >= 15 is 0 Å². The third-order valence-electron chi connectivity index (χ3n) is 3.63. The molecule has 106 valence electrons. The minimum Gasteiger partial charge on any atom is -0.382 e. The van der Waals surface area contributed by atoms with Gasteiger partial charge in [0.1, 0.15) is 0 Å². The number of anilines is 2. The topological polar surface area (TPSA) is 82.3 Å². The molecule has 2 heterocycles. The molecule has 1 aromatic carbocycles. The van der Waals surface area contributed by atoms with E-state index in [4.69, 9.17) is 0 Å². The second-order valence-electron chi connectivity index (χ2n) is 5.13. The van der Waals surface area contributed by atoms with Crippen LogP contribution >= 0.6 is 0 Å². The van der Waals surface area contributed by atoms with E-state index in [9.17, 15) is 9.59 Å². The number of hydrogen-bond donors (Lipinski definition) is 4. The van der Waals surface area contributed by atoms with Gasteiger partial charge in [-0.3, -0.25) is 9.59 Å². The van der Waals surface area contributed by atoms with E-state index in [0.29, 0.717) is 18.5 Å². The fourth-order valence-electron chi connectivity index (χ4n) is 2.53. The number of benzene rings is 1. The third kappa shape index (κ3) is 2.68. The summed E-state index contributed by atoms with van der Waals surface area (Å²) in [6, 6.07) is 5.63. The van der Waals surface area contributed by atoms with Gasteiger partial charge < -0.3 is 21.3 Å². The van der Waals surface area contributed by atoms with Gasteiger partial charge in [0.05, 0.1) is 11.4 Å². The Morgan fingerprint density at radius 3 is 2.80 bits per heavy atom. The molecule has 0 saturated carbocycles. The van der Waals surface area contributed by atoms with Gasteiger partial charge in [0.25, 0.3) is 5.91 Å². The lowest BCUT2D eigenvalue weighted by molar-refractivity contribution is -0.119. The summed E-state index contributed by atoms with van der Waals surface area (Å²) in [5, 5.41) is 12.2. The van der Waals surface area contributed by atoms with Crippen molar-refractivity contribution in [1.82, 2.24) is 10.6 Å². The summed E-state index contributed by atoms with van der Waals surface area (Å²) in [4.78, 5) is 23.2. The molecule has 0 aromatic heterocycles. The minimum atomic E-state index is -0.110. The summed E-state index contributed by atoms with van der Waals surface area (Å²) in [5.41, 5.74) is 2.61. The molecule has 1 saturated heterocycles. The fourth-order valence-corrected chi connectivity index (χ4v) is 2.53. The van der Waals surface area contributed by atoms with Gasteiger partial charge in [-0.1, -0.05) is 0 Å². The van der Waals surface area contributed by atoms with Crippen molar-refractivity contribution in [3.8, 4) is 0 Å². The largest absolute Gasteiger partial charge is 0.382 e. The normalized spacial score (nSPS) is 20.4. The zero-order valence-electron chi connectivity index (χ0n) is 11.2. The number of carbonyl (C=O) groups is 2. The molecule has 20 heavy (non-hydrogen) atoms. The molecule has 0 radical (unpaired) electrons. The first-order valence-electron chi connectivity index (χ1n) is 6.92. The first-order chi connectivity index (χ1) is 9.72. The zero-order valence-corrected chi connectivity index (χ0v) is 11.2. The van der Waals surface area contributed by atoms with Crippen LogP contribution in [0, 0.1) is 0 Å². The van der Waals surface area contributed by atoms with Crippen LogP contribution < -0.4 is 21.3 Å². The van der Waals surface area contributed by atoms with E-state index in [1.165, 1.54) is 0 Å². The highest BCUT2D eigenvalue weighted by Gasteiger charge is 2.21. The highest BCUT2D eigenvalue weighted by molar-refractivity contribution is 5.96. The Kier molecular flexibility index (Phi) is 3.45. The van der Waals surface area contributed by atoms with E-state index in [2.05, 4.69) is 21.3 Å². The average molecular weight is 274 g/mol. The SMILES string of the molecule is O=C1CCC(CNC(=O)c2ccc3c(c2)NCCN3)N1. The highest BCUT2D eigenvalue weighted by Crippen LogP contribution is 2.25. The molecule has 0 spiro atoms. The van der Waals surface area contributed by atoms with E-state index in [-0.39, 0.29) is 17.9 Å². The Morgan fingerprint density at radius 2 is 2.05 bits per heavy atom. The van der Waals surface area contributed by atoms with Gasteiger partial charge in [-0.25, -0.2) is 0 Å². The molecule has 1 fully saturated rings. The van der Waals surface area contributed by atoms with Gasteiger partial charge >= 0.3 is 0 Å². The molecule has 0 bridgehead atoms. The Hall–Kier alpha value is -2.24. The predicted octanol–water partition coefficient (Wildman–Crippen LogP) is 0.532. The van der Waals surface area contributed by atoms with Gasteiger partial charge in [-0.2, -0.15) is 0 Å². The van der Waals surface area contributed by atoms with E-state index in [1.54, 1.807) is 6.07 Å². The molecule has 2 amide bonds. The Balaban J connectivity index is 1.60. The first kappa shape index (κ1) is 12.8. The van der Waals surface area contributed by atoms with Crippen molar-refractivity contribution in [3.63, 3.8) is 0 Å². The molecule has 6 nitrogen and oxygen atoms in total. The quantitative estimate of drug-likeness (QED) is 0.648. The van der Waals surface area contributed by atoms with Crippen LogP contribution in [0.1, 0.15) is 23.2 Å². The molecule has 1 atom stereocenters. The standard InChI is InChI=1S/C14H18N4O2/c19-13-4-2-10(18-13)8-17-14(20)9-1-3-11-12(7-9)16-6-5-15-11/h1,3,7,10,15-16H,2,4-6,8H2,(H,17,20)(H,18,19). The maximum absolute atomic E-state index is 12.1. The second kappa shape index (κ2) is 5.40. The number of rotatable bonds is 3. The summed E-state index contributed by atoms with van der Waals surface area (Å²) in [6.07, 6.45) is 1.34. The summed E-state index contributed by atoms with van der Waals surface area (Å²) in [6.45, 7) is 2.22. The predicted molar refractivity (Wildman–Crippen MR) is 76.9 cm³/mol. The summed E-state index contributed by atoms with van der Waals surface area (Å²) < 4.78 is 0. The molecule has 4 N–H and O–H groups in total. The summed E-state index contributed by atoms with van der Waals surface area (Å²) in [5.74, 6) is -0.0466. The van der Waals surface area contributed by atoms with Crippen LogP contribution in [0.5, 0.6) is 0 Å². The van der Waals surface area contributed by atoms with Gasteiger partial charge in [0, 0.05) is 37.7 Å². The van der Waals surface area contributed by atoms with Gasteiger partial charge in [0.2, 0.25) is 5.91 Å². The maximum Gasteiger partial charge on any atom is 0.251 e. The first-order valence-corrected chi connectivity index (χ1v) is 6.92. The summed E-state index contributed by atoms with van der Waals surface area (Å²) in [7, 11) is 0. The van der Waals surface area contributed by atoms with Gasteiger partial charge in [0.15, 0.2) is 0 Å². The van der Waals surface area contributed by atoms with Crippen molar-refractivity contribution in [1.29, 1.82) is 0 Å². The van der Waals surface area contributed by atoms with Crippen LogP contribution in [-0.2, 0) is 4.79 Å². The van der Waals surface area contributed by atoms with Crippen molar-refractivity contribution >= 4 is 23.2 Å². The second-order valence-corrected chi connectivity index (χ2v) is 5.13. The van der Waals surface area contributed by atoms with Crippen molar-refractivity contribution in [3.05, 3.63) is 23.8 Å². The number of hydrogen-bond acceptors (Lipinski definition) is 4. The number of fused-ring (bicyclic) bond motifs is 1. The number of carbonyl (C=O) groups excluding carboxylic acids is 2. The molecule has 6 heteroatoms. The van der Waals surface area contributed by atoms with E-state index in [1.807, 2.05) is 12.1 Å². The lowest BCUT2D eigenvalue weighted by Gasteiger charge is -2.20. The molecule has 2 aliphatic heterocycles. The monoisotopic (exact) mass is 274 g/mol. The Labute approximate surface area is 117 Å². The van der Waals surface area contributed by atoms with Crippen LogP contribution in [0.2, 0.25) is 0 Å². The fraction of sp³-hybridized carbons (Fsp3) is 0.429. The maximum atomic E-state index is 12.1. The molecule has 2 aliphatic rings. The average Bonchev–Trinajstić information content (AvgIpc) is 2.90. The highest BCUT2D eigenvalue weighted by atomic mass is 16.2. The van der Waals surface area contributed by atoms with Crippen LogP contribution in [0.4, 0.5) is 11.4 Å². The van der Waals surface area contributed by atoms with Crippen LogP contribution in [0.25, 0.3) is 0 Å². The van der Waals surface area contributed by atoms with E-state index in [0.717, 1.165) is 30.9 Å². The lowest BCUT2D eigenvalue weighted by Crippen LogP contribution is -2.38. The Morgan fingerprint density at radius 1 is 1.25 bits per heavy atom. The van der Waals surface area contributed by atoms with Crippen LogP contribution in [0.15, 0.2) is 18.2 Å². The molecular formula is C14H18N4O2. The number of nitrogens with one attached hydrogen (secondary N) is 4. The molecule has 0 aliphatic carbocycles. The minimum absolute atomic E-state index is 0.0591. The molecule has 3 rings (SSSR count). The van der Waals surface area contributed by atoms with Gasteiger partial charge in [-0.15, -0.1) is 0 Å². The van der Waals surface area contributed by atoms with Crippen molar-refractivity contribution < 1.29 is 9.59 Å². The van der Waals surface area contributed by atoms with Crippen LogP contribution in [0.3, 0.4) is 0 Å². The molecular weight excluding hydrogens is 256 g/mol. The molecule has 1 aromatic rings. The van der Waals surface area contributed by atoms with Crippen molar-refractivity contribution in [2.45, 2.75) is 18.9 Å².